The number of hydrogen-bond donors (Lipinski definition) is 0. The van der Waals surface area contributed by atoms with Crippen LogP contribution in [0.4, 0.5) is 0 Å². The molecule has 0 saturated carbocycles. The molecule has 0 aliphatic carbocycles. The van der Waals surface area contributed by atoms with Crippen molar-refractivity contribution in [1.82, 2.24) is 0 Å². The summed E-state index contributed by atoms with van der Waals surface area (Å²) in [5.74, 6) is -1.19. The van der Waals surface area contributed by atoms with Crippen LogP contribution in [0.15, 0.2) is 54.6 Å². The number of methoxy groups -OCH3 is 1. The van der Waals surface area contributed by atoms with Crippen molar-refractivity contribution >= 4 is 11.9 Å². The highest BCUT2D eigenvalue weighted by Crippen LogP contribution is 2.39. The average Bonchev–Trinajstić information content (AvgIpc) is 2.61. The second kappa shape index (κ2) is 6.55. The van der Waals surface area contributed by atoms with Crippen molar-refractivity contribution in [3.63, 3.8) is 0 Å². The second-order valence-corrected chi connectivity index (χ2v) is 5.99. The maximum atomic E-state index is 12.4. The highest BCUT2D eigenvalue weighted by molar-refractivity contribution is 5.94. The number of rotatable bonds is 4. The molecular weight excluding hydrogens is 336 g/mol. The van der Waals surface area contributed by atoms with Gasteiger partial charge in [0.15, 0.2) is 0 Å². The molecule has 26 heavy (non-hydrogen) atoms. The van der Waals surface area contributed by atoms with E-state index < -0.39 is 17.7 Å². The maximum absolute atomic E-state index is 12.4. The Hall–Kier alpha value is -3.28. The topological polar surface area (TPSA) is 71.1 Å². The first-order chi connectivity index (χ1) is 12.3. The summed E-state index contributed by atoms with van der Waals surface area (Å²) in [7, 11) is 1.57. The minimum absolute atomic E-state index is 0.253. The average molecular weight is 354 g/mol. The Morgan fingerprint density at radius 1 is 1.08 bits per heavy atom. The third-order valence-corrected chi connectivity index (χ3v) is 3.94. The van der Waals surface area contributed by atoms with Crippen LogP contribution in [-0.4, -0.2) is 19.0 Å². The number of esters is 2. The van der Waals surface area contributed by atoms with Crippen LogP contribution >= 0.6 is 0 Å². The van der Waals surface area contributed by atoms with Gasteiger partial charge < -0.3 is 18.9 Å². The van der Waals surface area contributed by atoms with E-state index in [1.165, 1.54) is 18.2 Å². The summed E-state index contributed by atoms with van der Waals surface area (Å²) in [6, 6.07) is 11.5. The Morgan fingerprint density at radius 3 is 2.35 bits per heavy atom. The lowest BCUT2D eigenvalue weighted by Gasteiger charge is -2.35. The molecule has 0 fully saturated rings. The summed E-state index contributed by atoms with van der Waals surface area (Å²) in [6.45, 7) is 6.73. The predicted molar refractivity (Wildman–Crippen MR) is 93.3 cm³/mol. The van der Waals surface area contributed by atoms with Gasteiger partial charge in [-0.3, -0.25) is 0 Å². The third kappa shape index (κ3) is 3.26. The summed E-state index contributed by atoms with van der Waals surface area (Å²) in [5, 5.41) is 0. The van der Waals surface area contributed by atoms with E-state index in [4.69, 9.17) is 18.9 Å². The molecule has 0 saturated heterocycles. The van der Waals surface area contributed by atoms with Crippen molar-refractivity contribution in [3.8, 4) is 17.2 Å². The minimum Gasteiger partial charge on any atom is -0.497 e. The molecule has 2 aromatic rings. The molecule has 1 aliphatic rings. The van der Waals surface area contributed by atoms with E-state index in [1.807, 2.05) is 0 Å². The fourth-order valence-corrected chi connectivity index (χ4v) is 2.49. The van der Waals surface area contributed by atoms with Crippen LogP contribution in [0, 0.1) is 0 Å². The van der Waals surface area contributed by atoms with Gasteiger partial charge in [0.1, 0.15) is 22.8 Å². The molecule has 0 spiro atoms. The zero-order valence-corrected chi connectivity index (χ0v) is 14.7. The number of benzene rings is 2. The van der Waals surface area contributed by atoms with E-state index in [0.717, 1.165) is 0 Å². The highest BCUT2D eigenvalue weighted by atomic mass is 16.7. The van der Waals surface area contributed by atoms with Gasteiger partial charge in [0.25, 0.3) is 5.79 Å². The van der Waals surface area contributed by atoms with Crippen molar-refractivity contribution in [1.29, 1.82) is 0 Å². The third-order valence-electron chi connectivity index (χ3n) is 3.94. The van der Waals surface area contributed by atoms with Crippen LogP contribution in [0.5, 0.6) is 17.2 Å². The van der Waals surface area contributed by atoms with Crippen molar-refractivity contribution in [3.05, 3.63) is 65.7 Å². The zero-order chi connectivity index (χ0) is 18.9. The lowest BCUT2D eigenvalue weighted by Crippen LogP contribution is -2.39. The Kier molecular flexibility index (Phi) is 4.42. The number of carbonyl (C=O) groups excluding carboxylic acids is 2. The molecule has 0 bridgehead atoms. The molecule has 6 heteroatoms. The van der Waals surface area contributed by atoms with Gasteiger partial charge >= 0.3 is 11.9 Å². The molecule has 1 heterocycles. The molecular formula is C20H18O6. The fraction of sp³-hybridized carbons (Fsp3) is 0.200. The van der Waals surface area contributed by atoms with E-state index in [9.17, 15) is 9.59 Å². The molecule has 0 N–H and O–H groups in total. The minimum atomic E-state index is -1.31. The molecule has 1 atom stereocenters. The van der Waals surface area contributed by atoms with Crippen molar-refractivity contribution in [2.45, 2.75) is 19.6 Å². The molecule has 0 aromatic heterocycles. The normalized spacial score (nSPS) is 18.2. The Balaban J connectivity index is 1.93. The quantitative estimate of drug-likeness (QED) is 0.475. The standard InChI is InChI=1S/C20H18O6/c1-12(2)18(21)24-15-9-10-16-17(11-15)25-20(3,26-19(16)22)13-5-7-14(23-4)8-6-13/h5-11H,1H2,2-4H3. The molecule has 1 unspecified atom stereocenters. The van der Waals surface area contributed by atoms with Crippen LogP contribution in [0.25, 0.3) is 0 Å². The smallest absolute Gasteiger partial charge is 0.345 e. The molecule has 6 nitrogen and oxygen atoms in total. The second-order valence-electron chi connectivity index (χ2n) is 5.99. The van der Waals surface area contributed by atoms with Crippen LogP contribution in [-0.2, 0) is 15.3 Å². The lowest BCUT2D eigenvalue weighted by molar-refractivity contribution is -0.148. The molecule has 0 amide bonds. The van der Waals surface area contributed by atoms with Crippen LogP contribution in [0.1, 0.15) is 29.8 Å². The van der Waals surface area contributed by atoms with E-state index in [1.54, 1.807) is 45.2 Å². The van der Waals surface area contributed by atoms with Gasteiger partial charge in [-0.15, -0.1) is 0 Å². The lowest BCUT2D eigenvalue weighted by atomic mass is 10.0. The van der Waals surface area contributed by atoms with Gasteiger partial charge in [-0.2, -0.15) is 0 Å². The summed E-state index contributed by atoms with van der Waals surface area (Å²) in [4.78, 5) is 24.1. The van der Waals surface area contributed by atoms with Crippen molar-refractivity contribution in [2.24, 2.45) is 0 Å². The van der Waals surface area contributed by atoms with Gasteiger partial charge in [0.2, 0.25) is 0 Å². The van der Waals surface area contributed by atoms with Gasteiger partial charge in [-0.1, -0.05) is 6.58 Å². The molecule has 2 aromatic carbocycles. The first-order valence-corrected chi connectivity index (χ1v) is 7.91. The summed E-state index contributed by atoms with van der Waals surface area (Å²) in [5.41, 5.74) is 1.17. The van der Waals surface area contributed by atoms with Crippen LogP contribution in [0.2, 0.25) is 0 Å². The molecule has 1 aliphatic heterocycles. The first kappa shape index (κ1) is 17.5. The van der Waals surface area contributed by atoms with Crippen LogP contribution < -0.4 is 14.2 Å². The Morgan fingerprint density at radius 2 is 1.73 bits per heavy atom. The first-order valence-electron chi connectivity index (χ1n) is 7.91. The maximum Gasteiger partial charge on any atom is 0.345 e. The van der Waals surface area contributed by atoms with Crippen molar-refractivity contribution < 1.29 is 28.5 Å². The predicted octanol–water partition coefficient (Wildman–Crippen LogP) is 3.60. The van der Waals surface area contributed by atoms with E-state index >= 15 is 0 Å². The highest BCUT2D eigenvalue weighted by Gasteiger charge is 2.40. The number of fused-ring (bicyclic) bond motifs is 1. The summed E-state index contributed by atoms with van der Waals surface area (Å²) >= 11 is 0. The van der Waals surface area contributed by atoms with Crippen molar-refractivity contribution in [2.75, 3.05) is 7.11 Å². The van der Waals surface area contributed by atoms with E-state index in [2.05, 4.69) is 6.58 Å². The van der Waals surface area contributed by atoms with E-state index in [0.29, 0.717) is 11.3 Å². The van der Waals surface area contributed by atoms with Gasteiger partial charge in [-0.05, 0) is 43.3 Å². The number of ether oxygens (including phenoxy) is 4. The Labute approximate surface area is 150 Å². The fourth-order valence-electron chi connectivity index (χ4n) is 2.49. The van der Waals surface area contributed by atoms with Gasteiger partial charge in [0, 0.05) is 24.1 Å². The Bertz CT molecular complexity index is 884. The summed E-state index contributed by atoms with van der Waals surface area (Å²) < 4.78 is 21.8. The monoisotopic (exact) mass is 354 g/mol. The number of hydrogen-bond acceptors (Lipinski definition) is 6. The number of carbonyl (C=O) groups is 2. The zero-order valence-electron chi connectivity index (χ0n) is 14.7. The van der Waals surface area contributed by atoms with E-state index in [-0.39, 0.29) is 22.6 Å². The molecule has 0 radical (unpaired) electrons. The number of cyclic esters (lactones) is 1. The van der Waals surface area contributed by atoms with Crippen LogP contribution in [0.3, 0.4) is 0 Å². The van der Waals surface area contributed by atoms with Gasteiger partial charge in [0.05, 0.1) is 7.11 Å². The molecule has 3 rings (SSSR count). The van der Waals surface area contributed by atoms with Gasteiger partial charge in [-0.25, -0.2) is 9.59 Å². The molecule has 134 valence electrons. The summed E-state index contributed by atoms with van der Waals surface area (Å²) in [6.07, 6.45) is 0. The largest absolute Gasteiger partial charge is 0.497 e. The SMILES string of the molecule is C=C(C)C(=O)Oc1ccc2c(c1)OC(C)(c1ccc(OC)cc1)OC2=O.